The molecule has 1 saturated heterocycles. The number of ether oxygens (including phenoxy) is 1. The van der Waals surface area contributed by atoms with Gasteiger partial charge in [0, 0.05) is 29.3 Å². The number of hydrogen-bond acceptors (Lipinski definition) is 8. The number of aryl methyl sites for hydroxylation is 2. The van der Waals surface area contributed by atoms with Crippen LogP contribution >= 0.6 is 0 Å². The molecular weight excluding hydrogens is 476 g/mol. The smallest absolute Gasteiger partial charge is 0.160 e. The lowest BCUT2D eigenvalue weighted by atomic mass is 9.93. The van der Waals surface area contributed by atoms with Crippen LogP contribution in [0.3, 0.4) is 0 Å². The largest absolute Gasteiger partial charge is 0.491 e. The number of hydrogen-bond donors (Lipinski definition) is 2. The molecule has 3 aromatic rings. The summed E-state index contributed by atoms with van der Waals surface area (Å²) in [4.78, 5) is 9.97. The minimum Gasteiger partial charge on any atom is -0.491 e. The minimum atomic E-state index is -1.93. The van der Waals surface area contributed by atoms with Gasteiger partial charge >= 0.3 is 0 Å². The van der Waals surface area contributed by atoms with E-state index < -0.39 is 15.6 Å². The number of benzene rings is 1. The second kappa shape index (κ2) is 11.1. The van der Waals surface area contributed by atoms with Crippen molar-refractivity contribution in [2.45, 2.75) is 46.1 Å². The molecule has 0 amide bonds. The zero-order valence-corrected chi connectivity index (χ0v) is 22.4. The molecule has 1 aliphatic rings. The molecule has 0 spiro atoms. The van der Waals surface area contributed by atoms with Gasteiger partial charge in [-0.2, -0.15) is 0 Å². The molecule has 0 radical (unpaired) electrons. The molecule has 1 unspecified atom stereocenters. The molecule has 194 valence electrons. The van der Waals surface area contributed by atoms with Crippen molar-refractivity contribution in [3.05, 3.63) is 47.0 Å². The number of aromatic nitrogens is 3. The number of nitrogens with zero attached hydrogens (tertiary/aromatic N) is 3. The Labute approximate surface area is 213 Å². The zero-order valence-electron chi connectivity index (χ0n) is 21.5. The molecular formula is C27H36N4O4S. The predicted octanol–water partition coefficient (Wildman–Crippen LogP) is 3.35. The number of aliphatic hydroxyl groups is 1. The van der Waals surface area contributed by atoms with Gasteiger partial charge in [-0.25, -0.2) is 9.97 Å². The van der Waals surface area contributed by atoms with Gasteiger partial charge in [0.1, 0.15) is 24.2 Å². The van der Waals surface area contributed by atoms with Crippen molar-refractivity contribution in [1.29, 1.82) is 0 Å². The molecule has 8 nitrogen and oxygen atoms in total. The van der Waals surface area contributed by atoms with Crippen LogP contribution in [0.25, 0.3) is 22.6 Å². The maximum atomic E-state index is 12.4. The van der Waals surface area contributed by atoms with Crippen molar-refractivity contribution in [2.75, 3.05) is 31.7 Å². The van der Waals surface area contributed by atoms with E-state index in [0.717, 1.165) is 58.8 Å². The molecule has 1 fully saturated rings. The topological polar surface area (TPSA) is 110 Å². The van der Waals surface area contributed by atoms with Crippen LogP contribution < -0.4 is 10.1 Å². The van der Waals surface area contributed by atoms with E-state index >= 15 is 0 Å². The quantitative estimate of drug-likeness (QED) is 0.420. The summed E-state index contributed by atoms with van der Waals surface area (Å²) >= 11 is 0. The maximum Gasteiger partial charge on any atom is 0.160 e. The van der Waals surface area contributed by atoms with Crippen LogP contribution in [-0.2, 0) is 15.9 Å². The van der Waals surface area contributed by atoms with Gasteiger partial charge in [0.25, 0.3) is 0 Å². The molecule has 0 bridgehead atoms. The molecule has 3 heterocycles. The summed E-state index contributed by atoms with van der Waals surface area (Å²) in [6, 6.07) is 7.62. The normalized spacial score (nSPS) is 20.9. The number of likely N-dealkylation sites (N-methyl/N-ethyl adjacent to an activating group) is 1. The third-order valence-corrected chi connectivity index (χ3v) is 8.73. The monoisotopic (exact) mass is 512 g/mol. The van der Waals surface area contributed by atoms with E-state index in [1.54, 1.807) is 7.05 Å². The van der Waals surface area contributed by atoms with E-state index in [0.29, 0.717) is 35.5 Å². The predicted molar refractivity (Wildman–Crippen MR) is 144 cm³/mol. The molecule has 9 heteroatoms. The Balaban J connectivity index is 1.71. The minimum absolute atomic E-state index is 0.186. The van der Waals surface area contributed by atoms with Gasteiger partial charge in [-0.3, -0.25) is 4.21 Å². The first-order chi connectivity index (χ1) is 17.2. The van der Waals surface area contributed by atoms with Gasteiger partial charge in [0.05, 0.1) is 17.0 Å². The summed E-state index contributed by atoms with van der Waals surface area (Å²) < 4.78 is 23.6. The molecule has 2 N–H and O–H groups in total. The second-order valence-corrected chi connectivity index (χ2v) is 12.5. The van der Waals surface area contributed by atoms with Crippen LogP contribution in [0.15, 0.2) is 28.8 Å². The fourth-order valence-electron chi connectivity index (χ4n) is 4.65. The van der Waals surface area contributed by atoms with Crippen LogP contribution in [0, 0.1) is 26.7 Å². The highest BCUT2D eigenvalue weighted by atomic mass is 32.2. The molecule has 36 heavy (non-hydrogen) atoms. The van der Waals surface area contributed by atoms with Crippen LogP contribution in [0.1, 0.15) is 35.6 Å². The van der Waals surface area contributed by atoms with Crippen LogP contribution in [0.4, 0.5) is 0 Å². The van der Waals surface area contributed by atoms with E-state index in [9.17, 15) is 9.32 Å². The molecule has 1 aromatic carbocycles. The van der Waals surface area contributed by atoms with E-state index in [1.807, 2.05) is 38.1 Å². The number of rotatable bonds is 9. The lowest BCUT2D eigenvalue weighted by Gasteiger charge is -2.25. The first-order valence-corrected chi connectivity index (χ1v) is 14.4. The van der Waals surface area contributed by atoms with Gasteiger partial charge < -0.3 is 19.7 Å². The van der Waals surface area contributed by atoms with Crippen molar-refractivity contribution in [3.8, 4) is 28.4 Å². The zero-order chi connectivity index (χ0) is 25.9. The lowest BCUT2D eigenvalue weighted by molar-refractivity contribution is 0.108. The van der Waals surface area contributed by atoms with Gasteiger partial charge in [0.15, 0.2) is 5.82 Å². The standard InChI is InChI=1S/C27H36N4O4S/c1-17-24(13-20-9-11-36(5,33)12-10-20)29-27(30-26(17)25-18(2)31-35-19(25)3)21-7-6-8-23(14-21)34-16-22(32)15-28-4/h6-8,14,20,22,28,32H,5,9-13,15-16H2,1-4H3. The van der Waals surface area contributed by atoms with E-state index in [4.69, 9.17) is 19.2 Å². The fourth-order valence-corrected chi connectivity index (χ4v) is 6.38. The highest BCUT2D eigenvalue weighted by Crippen LogP contribution is 2.34. The summed E-state index contributed by atoms with van der Waals surface area (Å²) in [5.74, 6) is 7.62. The van der Waals surface area contributed by atoms with Gasteiger partial charge in [-0.1, -0.05) is 17.3 Å². The fraction of sp³-hybridized carbons (Fsp3) is 0.481. The highest BCUT2D eigenvalue weighted by Gasteiger charge is 2.25. The van der Waals surface area contributed by atoms with E-state index in [2.05, 4.69) is 23.3 Å². The van der Waals surface area contributed by atoms with E-state index in [1.165, 1.54) is 0 Å². The van der Waals surface area contributed by atoms with Crippen LogP contribution in [0.2, 0.25) is 0 Å². The Morgan fingerprint density at radius 2 is 2.00 bits per heavy atom. The van der Waals surface area contributed by atoms with Crippen molar-refractivity contribution >= 4 is 15.4 Å². The molecule has 0 aliphatic carbocycles. The number of nitrogens with one attached hydrogen (secondary N) is 1. The Morgan fingerprint density at radius 3 is 2.67 bits per heavy atom. The summed E-state index contributed by atoms with van der Waals surface area (Å²) in [5, 5.41) is 17.1. The molecule has 1 atom stereocenters. The highest BCUT2D eigenvalue weighted by molar-refractivity contribution is 8.00. The van der Waals surface area contributed by atoms with Crippen molar-refractivity contribution in [1.82, 2.24) is 20.4 Å². The van der Waals surface area contributed by atoms with Crippen molar-refractivity contribution < 1.29 is 18.6 Å². The molecule has 1 aliphatic heterocycles. The van der Waals surface area contributed by atoms with Gasteiger partial charge in [-0.15, -0.1) is 0 Å². The van der Waals surface area contributed by atoms with Crippen molar-refractivity contribution in [2.24, 2.45) is 5.92 Å². The maximum absolute atomic E-state index is 12.4. The molecule has 2 aromatic heterocycles. The number of aliphatic hydroxyl groups excluding tert-OH is 1. The van der Waals surface area contributed by atoms with Crippen molar-refractivity contribution in [3.63, 3.8) is 0 Å². The van der Waals surface area contributed by atoms with E-state index in [-0.39, 0.29) is 6.61 Å². The molecule has 4 rings (SSSR count). The van der Waals surface area contributed by atoms with Gasteiger partial charge in [-0.05, 0) is 86.1 Å². The first kappa shape index (κ1) is 26.3. The SMILES string of the molecule is C=S1(=O)CCC(Cc2nc(-c3cccc(OCC(O)CNC)c3)nc(-c3c(C)noc3C)c2C)CC1. The third-order valence-electron chi connectivity index (χ3n) is 6.77. The Hall–Kier alpha value is -2.75. The average molecular weight is 513 g/mol. The second-order valence-electron chi connectivity index (χ2n) is 9.74. The van der Waals surface area contributed by atoms with Crippen LogP contribution in [-0.4, -0.2) is 68.1 Å². The summed E-state index contributed by atoms with van der Waals surface area (Å²) in [6.07, 6.45) is 1.97. The summed E-state index contributed by atoms with van der Waals surface area (Å²) in [6.45, 7) is 6.51. The first-order valence-electron chi connectivity index (χ1n) is 12.4. The Bertz CT molecular complexity index is 1290. The summed E-state index contributed by atoms with van der Waals surface area (Å²) in [5.41, 5.74) is 5.32. The molecule has 0 saturated carbocycles. The lowest BCUT2D eigenvalue weighted by Crippen LogP contribution is -2.29. The van der Waals surface area contributed by atoms with Crippen LogP contribution in [0.5, 0.6) is 5.75 Å². The Kier molecular flexibility index (Phi) is 8.12. The third kappa shape index (κ3) is 6.14. The van der Waals surface area contributed by atoms with Gasteiger partial charge in [0.2, 0.25) is 0 Å². The average Bonchev–Trinajstić information content (AvgIpc) is 3.18. The summed E-state index contributed by atoms with van der Waals surface area (Å²) in [7, 11) is -0.144. The Morgan fingerprint density at radius 1 is 1.25 bits per heavy atom.